The smallest absolute Gasteiger partial charge is 0.330 e. The van der Waals surface area contributed by atoms with Crippen molar-refractivity contribution in [3.8, 4) is 0 Å². The summed E-state index contributed by atoms with van der Waals surface area (Å²) in [5, 5.41) is 0. The van der Waals surface area contributed by atoms with Gasteiger partial charge in [0.1, 0.15) is 0 Å². The number of hydrogen-bond donors (Lipinski definition) is 0. The highest BCUT2D eigenvalue weighted by atomic mass is 16.5. The highest BCUT2D eigenvalue weighted by Crippen LogP contribution is 2.24. The summed E-state index contributed by atoms with van der Waals surface area (Å²) < 4.78 is 11.4. The van der Waals surface area contributed by atoms with Crippen molar-refractivity contribution in [1.29, 1.82) is 0 Å². The molecule has 1 unspecified atom stereocenters. The molecule has 0 saturated heterocycles. The molecule has 0 aliphatic rings. The summed E-state index contributed by atoms with van der Waals surface area (Å²) in [6.07, 6.45) is 51.1. The molecule has 0 aromatic heterocycles. The highest BCUT2D eigenvalue weighted by molar-refractivity contribution is 5.81. The number of unbranched alkanes of at least 4 members (excludes halogenated alkanes) is 23. The Labute approximate surface area is 418 Å². The molecule has 0 aromatic carbocycles. The van der Waals surface area contributed by atoms with Crippen LogP contribution >= 0.6 is 0 Å². The normalized spacial score (nSPS) is 12.3. The molecular weight excluding hydrogens is 829 g/mol. The molecule has 0 aliphatic carbocycles. The predicted octanol–water partition coefficient (Wildman–Crippen LogP) is 17.7. The van der Waals surface area contributed by atoms with Crippen LogP contribution in [0.4, 0.5) is 0 Å². The first-order valence-electron chi connectivity index (χ1n) is 29.6. The second-order valence-electron chi connectivity index (χ2n) is 21.0. The molecule has 0 aliphatic heterocycles. The molecule has 67 heavy (non-hydrogen) atoms. The molecule has 0 heterocycles. The van der Waals surface area contributed by atoms with Crippen molar-refractivity contribution in [2.24, 2.45) is 11.8 Å². The van der Waals surface area contributed by atoms with Gasteiger partial charge in [-0.15, -0.1) is 0 Å². The molecule has 0 bridgehead atoms. The van der Waals surface area contributed by atoms with E-state index in [2.05, 4.69) is 58.5 Å². The minimum Gasteiger partial charge on any atom is -0.466 e. The monoisotopic (exact) mass is 945 g/mol. The summed E-state index contributed by atoms with van der Waals surface area (Å²) in [6.45, 7) is 14.3. The van der Waals surface area contributed by atoms with Crippen molar-refractivity contribution in [3.05, 3.63) is 12.2 Å². The van der Waals surface area contributed by atoms with Crippen LogP contribution in [0.25, 0.3) is 0 Å². The fourth-order valence-electron chi connectivity index (χ4n) is 9.79. The number of ether oxygens (including phenoxy) is 2. The lowest BCUT2D eigenvalue weighted by Crippen LogP contribution is -2.41. The Morgan fingerprint density at radius 2 is 0.821 bits per heavy atom. The van der Waals surface area contributed by atoms with Crippen LogP contribution in [0, 0.1) is 11.8 Å². The second-order valence-corrected chi connectivity index (χ2v) is 21.0. The summed E-state index contributed by atoms with van der Waals surface area (Å²) in [6, 6.07) is 0.284. The fraction of sp³-hybridized carbons (Fsp3) is 0.917. The van der Waals surface area contributed by atoms with E-state index in [-0.39, 0.29) is 18.0 Å². The molecule has 396 valence electrons. The topological polar surface area (TPSA) is 76.1 Å². The van der Waals surface area contributed by atoms with Crippen LogP contribution in [0.5, 0.6) is 0 Å². The molecule has 0 saturated carbocycles. The Morgan fingerprint density at radius 3 is 1.34 bits per heavy atom. The van der Waals surface area contributed by atoms with Crippen LogP contribution in [-0.2, 0) is 23.9 Å². The van der Waals surface area contributed by atoms with Crippen LogP contribution in [0.15, 0.2) is 12.2 Å². The van der Waals surface area contributed by atoms with Crippen molar-refractivity contribution in [2.45, 2.75) is 304 Å². The fourth-order valence-corrected chi connectivity index (χ4v) is 9.79. The number of hydrogen-bond acceptors (Lipinski definition) is 6. The number of nitrogens with zero attached hydrogens (tertiary/aromatic N) is 2. The standard InChI is InChI=1S/C60H116N2O5/c1-8-13-18-19-20-21-24-33-44-57(45-34-26-27-36-48-60(65)67-54-50-56(42-31-16-11-4)43-32-17-12-5)62(58(63)46-37-39-51-61(6)7)52-38-28-23-22-25-35-47-59(64)66-53-49-55(40-29-14-9-2)41-30-15-10-3/h36,48,55-57H,8-35,37-47,49-54H2,1-7H3. The molecule has 0 aromatic rings. The lowest BCUT2D eigenvalue weighted by atomic mass is 9.92. The molecular formula is C60H116N2O5. The quantitative estimate of drug-likeness (QED) is 0.0343. The third-order valence-corrected chi connectivity index (χ3v) is 14.3. The van der Waals surface area contributed by atoms with Crippen molar-refractivity contribution < 1.29 is 23.9 Å². The van der Waals surface area contributed by atoms with Gasteiger partial charge in [-0.05, 0) is 96.7 Å². The van der Waals surface area contributed by atoms with Gasteiger partial charge in [0.05, 0.1) is 13.2 Å². The van der Waals surface area contributed by atoms with E-state index in [0.717, 1.165) is 109 Å². The molecule has 0 rings (SSSR count). The second kappa shape index (κ2) is 50.5. The molecule has 7 heteroatoms. The van der Waals surface area contributed by atoms with E-state index in [4.69, 9.17) is 9.47 Å². The third-order valence-electron chi connectivity index (χ3n) is 14.3. The number of rotatable bonds is 52. The zero-order valence-corrected chi connectivity index (χ0v) is 46.1. The van der Waals surface area contributed by atoms with Crippen LogP contribution in [0.2, 0.25) is 0 Å². The van der Waals surface area contributed by atoms with E-state index in [1.165, 1.54) is 154 Å². The Hall–Kier alpha value is -1.89. The summed E-state index contributed by atoms with van der Waals surface area (Å²) in [7, 11) is 4.22. The largest absolute Gasteiger partial charge is 0.466 e. The molecule has 0 fully saturated rings. The van der Waals surface area contributed by atoms with Crippen LogP contribution in [0.3, 0.4) is 0 Å². The summed E-state index contributed by atoms with van der Waals surface area (Å²) in [5.41, 5.74) is 0. The maximum Gasteiger partial charge on any atom is 0.330 e. The molecule has 0 radical (unpaired) electrons. The van der Waals surface area contributed by atoms with Crippen molar-refractivity contribution in [2.75, 3.05) is 40.4 Å². The first kappa shape index (κ1) is 65.1. The SMILES string of the molecule is CCCCCCCCCCC(CCCCC=CC(=O)OCCC(CCCCC)CCCCC)N(CCCCCCCCC(=O)OCCC(CCCCC)CCCCC)C(=O)CCCCN(C)C. The van der Waals surface area contributed by atoms with Gasteiger partial charge in [0.15, 0.2) is 0 Å². The average molecular weight is 946 g/mol. The van der Waals surface area contributed by atoms with E-state index < -0.39 is 0 Å². The Balaban J connectivity index is 5.17. The van der Waals surface area contributed by atoms with Gasteiger partial charge in [-0.3, -0.25) is 9.59 Å². The number of amides is 1. The van der Waals surface area contributed by atoms with Crippen molar-refractivity contribution in [1.82, 2.24) is 9.80 Å². The van der Waals surface area contributed by atoms with Gasteiger partial charge < -0.3 is 19.3 Å². The lowest BCUT2D eigenvalue weighted by Gasteiger charge is -2.33. The first-order chi connectivity index (χ1) is 32.7. The van der Waals surface area contributed by atoms with Gasteiger partial charge >= 0.3 is 11.9 Å². The Kier molecular flexibility index (Phi) is 49.1. The van der Waals surface area contributed by atoms with E-state index in [1.54, 1.807) is 6.08 Å². The maximum absolute atomic E-state index is 14.0. The van der Waals surface area contributed by atoms with Crippen LogP contribution in [-0.4, -0.2) is 74.1 Å². The van der Waals surface area contributed by atoms with Gasteiger partial charge in [0, 0.05) is 31.5 Å². The van der Waals surface area contributed by atoms with Gasteiger partial charge in [0.25, 0.3) is 0 Å². The minimum absolute atomic E-state index is 0.0217. The molecule has 0 spiro atoms. The first-order valence-corrected chi connectivity index (χ1v) is 29.6. The van der Waals surface area contributed by atoms with Crippen LogP contribution in [0.1, 0.15) is 298 Å². The van der Waals surface area contributed by atoms with E-state index in [9.17, 15) is 14.4 Å². The molecule has 0 N–H and O–H groups in total. The molecule has 7 nitrogen and oxygen atoms in total. The zero-order chi connectivity index (χ0) is 49.3. The number of carbonyl (C=O) groups excluding carboxylic acids is 3. The highest BCUT2D eigenvalue weighted by Gasteiger charge is 2.23. The average Bonchev–Trinajstić information content (AvgIpc) is 3.31. The summed E-state index contributed by atoms with van der Waals surface area (Å²) >= 11 is 0. The predicted molar refractivity (Wildman–Crippen MR) is 290 cm³/mol. The zero-order valence-electron chi connectivity index (χ0n) is 46.1. The Morgan fingerprint density at radius 1 is 0.418 bits per heavy atom. The van der Waals surface area contributed by atoms with E-state index >= 15 is 0 Å². The summed E-state index contributed by atoms with van der Waals surface area (Å²) in [5.74, 6) is 1.48. The lowest BCUT2D eigenvalue weighted by molar-refractivity contribution is -0.144. The van der Waals surface area contributed by atoms with Crippen molar-refractivity contribution >= 4 is 17.8 Å². The van der Waals surface area contributed by atoms with Gasteiger partial charge in [-0.2, -0.15) is 0 Å². The minimum atomic E-state index is -0.202. The number of allylic oxidation sites excluding steroid dienone is 1. The van der Waals surface area contributed by atoms with E-state index in [1.807, 2.05) is 6.08 Å². The maximum atomic E-state index is 14.0. The number of carbonyl (C=O) groups is 3. The third kappa shape index (κ3) is 43.8. The van der Waals surface area contributed by atoms with Gasteiger partial charge in [-0.25, -0.2) is 4.79 Å². The summed E-state index contributed by atoms with van der Waals surface area (Å²) in [4.78, 5) is 43.7. The molecule has 1 atom stereocenters. The van der Waals surface area contributed by atoms with Gasteiger partial charge in [-0.1, -0.05) is 227 Å². The van der Waals surface area contributed by atoms with Crippen LogP contribution < -0.4 is 0 Å². The van der Waals surface area contributed by atoms with Gasteiger partial charge in [0.2, 0.25) is 5.91 Å². The number of esters is 2. The van der Waals surface area contributed by atoms with E-state index in [0.29, 0.717) is 43.8 Å². The van der Waals surface area contributed by atoms with Crippen molar-refractivity contribution in [3.63, 3.8) is 0 Å². The molecule has 1 amide bonds. The Bertz CT molecular complexity index is 1090.